The highest BCUT2D eigenvalue weighted by Crippen LogP contribution is 2.21. The summed E-state index contributed by atoms with van der Waals surface area (Å²) in [4.78, 5) is 34.2. The van der Waals surface area contributed by atoms with Gasteiger partial charge in [-0.1, -0.05) is 23.5 Å². The van der Waals surface area contributed by atoms with E-state index >= 15 is 0 Å². The van der Waals surface area contributed by atoms with E-state index in [0.717, 1.165) is 16.9 Å². The normalized spacial score (nSPS) is 10.8. The van der Waals surface area contributed by atoms with Crippen LogP contribution >= 0.6 is 11.3 Å². The lowest BCUT2D eigenvalue weighted by Gasteiger charge is -2.02. The van der Waals surface area contributed by atoms with Gasteiger partial charge in [-0.25, -0.2) is 0 Å². The van der Waals surface area contributed by atoms with Crippen molar-refractivity contribution >= 4 is 33.0 Å². The van der Waals surface area contributed by atoms with E-state index in [1.54, 1.807) is 25.2 Å². The number of ketones is 1. The standard InChI is InChI=1S/C15H10N2O4S/c1-16-12-6-5-10(8-13(12)22-15(16)19)14(18)9-3-2-4-11(7-9)17(20)21/h2-8H,1H3. The van der Waals surface area contributed by atoms with Gasteiger partial charge in [0.15, 0.2) is 5.78 Å². The largest absolute Gasteiger partial charge is 0.307 e. The Labute approximate surface area is 128 Å². The van der Waals surface area contributed by atoms with Crippen molar-refractivity contribution in [3.8, 4) is 0 Å². The smallest absolute Gasteiger partial charge is 0.302 e. The SMILES string of the molecule is Cn1c(=O)sc2cc(C(=O)c3cccc([N+](=O)[O-])c3)ccc21. The van der Waals surface area contributed by atoms with Gasteiger partial charge < -0.3 is 4.57 Å². The van der Waals surface area contributed by atoms with E-state index in [1.807, 2.05) is 0 Å². The molecule has 22 heavy (non-hydrogen) atoms. The van der Waals surface area contributed by atoms with Gasteiger partial charge in [0.1, 0.15) is 0 Å². The van der Waals surface area contributed by atoms with Crippen LogP contribution in [0.4, 0.5) is 5.69 Å². The van der Waals surface area contributed by atoms with Gasteiger partial charge >= 0.3 is 4.87 Å². The third-order valence-electron chi connectivity index (χ3n) is 3.37. The summed E-state index contributed by atoms with van der Waals surface area (Å²) < 4.78 is 2.23. The molecule has 3 rings (SSSR count). The van der Waals surface area contributed by atoms with Crippen LogP contribution in [0.1, 0.15) is 15.9 Å². The van der Waals surface area contributed by atoms with Gasteiger partial charge in [-0.2, -0.15) is 0 Å². The molecule has 0 amide bonds. The number of nitro benzene ring substituents is 1. The van der Waals surface area contributed by atoms with Crippen molar-refractivity contribution in [3.63, 3.8) is 0 Å². The average molecular weight is 314 g/mol. The maximum Gasteiger partial charge on any atom is 0.307 e. The molecular formula is C15H10N2O4S. The summed E-state index contributed by atoms with van der Waals surface area (Å²) in [7, 11) is 1.67. The van der Waals surface area contributed by atoms with Gasteiger partial charge in [-0.15, -0.1) is 0 Å². The van der Waals surface area contributed by atoms with Crippen LogP contribution in [0.25, 0.3) is 10.2 Å². The fourth-order valence-corrected chi connectivity index (χ4v) is 3.12. The third kappa shape index (κ3) is 2.31. The van der Waals surface area contributed by atoms with Crippen molar-refractivity contribution in [1.82, 2.24) is 4.57 Å². The maximum absolute atomic E-state index is 12.5. The van der Waals surface area contributed by atoms with Crippen molar-refractivity contribution < 1.29 is 9.72 Å². The van der Waals surface area contributed by atoms with Gasteiger partial charge in [0, 0.05) is 30.3 Å². The number of rotatable bonds is 3. The van der Waals surface area contributed by atoms with Crippen LogP contribution in [0.5, 0.6) is 0 Å². The molecule has 0 saturated heterocycles. The predicted molar refractivity (Wildman–Crippen MR) is 83.6 cm³/mol. The Balaban J connectivity index is 2.07. The lowest BCUT2D eigenvalue weighted by atomic mass is 10.0. The minimum Gasteiger partial charge on any atom is -0.302 e. The Morgan fingerprint density at radius 2 is 1.91 bits per heavy atom. The molecule has 1 aromatic heterocycles. The van der Waals surface area contributed by atoms with Crippen molar-refractivity contribution in [2.75, 3.05) is 0 Å². The Hall–Kier alpha value is -2.80. The van der Waals surface area contributed by atoms with Crippen LogP contribution < -0.4 is 4.87 Å². The first-order valence-corrected chi connectivity index (χ1v) is 7.18. The molecular weight excluding hydrogens is 304 g/mol. The topological polar surface area (TPSA) is 82.2 Å². The Bertz CT molecular complexity index is 971. The van der Waals surface area contributed by atoms with Crippen molar-refractivity contribution in [1.29, 1.82) is 0 Å². The number of nitrogens with zero attached hydrogens (tertiary/aromatic N) is 2. The fourth-order valence-electron chi connectivity index (χ4n) is 2.20. The van der Waals surface area contributed by atoms with Crippen molar-refractivity contribution in [2.45, 2.75) is 0 Å². The molecule has 6 nitrogen and oxygen atoms in total. The van der Waals surface area contributed by atoms with Crippen molar-refractivity contribution in [2.24, 2.45) is 7.05 Å². The maximum atomic E-state index is 12.5. The summed E-state index contributed by atoms with van der Waals surface area (Å²) in [5, 5.41) is 10.8. The molecule has 1 heterocycles. The molecule has 0 saturated carbocycles. The Morgan fingerprint density at radius 3 is 2.64 bits per heavy atom. The van der Waals surface area contributed by atoms with E-state index in [4.69, 9.17) is 0 Å². The van der Waals surface area contributed by atoms with Crippen LogP contribution in [0.15, 0.2) is 47.3 Å². The number of non-ortho nitro benzene ring substituents is 1. The number of hydrogen-bond donors (Lipinski definition) is 0. The van der Waals surface area contributed by atoms with Crippen LogP contribution in [-0.4, -0.2) is 15.3 Å². The monoisotopic (exact) mass is 314 g/mol. The second-order valence-corrected chi connectivity index (χ2v) is 5.74. The highest BCUT2D eigenvalue weighted by Gasteiger charge is 2.15. The summed E-state index contributed by atoms with van der Waals surface area (Å²) in [5.74, 6) is -0.311. The second-order valence-electron chi connectivity index (χ2n) is 4.75. The van der Waals surface area contributed by atoms with Gasteiger partial charge in [0.25, 0.3) is 5.69 Å². The van der Waals surface area contributed by atoms with E-state index in [9.17, 15) is 19.7 Å². The van der Waals surface area contributed by atoms with E-state index in [1.165, 1.54) is 28.8 Å². The Morgan fingerprint density at radius 1 is 1.18 bits per heavy atom. The number of thiazole rings is 1. The number of carbonyl (C=O) groups is 1. The number of benzene rings is 2. The predicted octanol–water partition coefficient (Wildman–Crippen LogP) is 2.74. The molecule has 0 aliphatic carbocycles. The van der Waals surface area contributed by atoms with Crippen LogP contribution in [0.2, 0.25) is 0 Å². The number of nitro groups is 1. The minimum absolute atomic E-state index is 0.102. The molecule has 0 fully saturated rings. The van der Waals surface area contributed by atoms with Gasteiger partial charge in [0.05, 0.1) is 15.1 Å². The molecule has 0 unspecified atom stereocenters. The van der Waals surface area contributed by atoms with E-state index < -0.39 is 4.92 Å². The molecule has 0 atom stereocenters. The van der Waals surface area contributed by atoms with Gasteiger partial charge in [-0.3, -0.25) is 19.7 Å². The lowest BCUT2D eigenvalue weighted by molar-refractivity contribution is -0.384. The summed E-state index contributed by atoms with van der Waals surface area (Å²) >= 11 is 1.06. The molecule has 0 N–H and O–H groups in total. The molecule has 7 heteroatoms. The number of aromatic nitrogens is 1. The summed E-state index contributed by atoms with van der Waals surface area (Å²) in [5.41, 5.74) is 1.27. The number of carbonyl (C=O) groups excluding carboxylic acids is 1. The zero-order valence-corrected chi connectivity index (χ0v) is 12.3. The number of hydrogen-bond acceptors (Lipinski definition) is 5. The van der Waals surface area contributed by atoms with Crippen LogP contribution in [0.3, 0.4) is 0 Å². The highest BCUT2D eigenvalue weighted by atomic mass is 32.1. The molecule has 0 spiro atoms. The summed E-state index contributed by atoms with van der Waals surface area (Å²) in [6.45, 7) is 0. The summed E-state index contributed by atoms with van der Waals surface area (Å²) in [6, 6.07) is 10.6. The lowest BCUT2D eigenvalue weighted by Crippen LogP contribution is -2.06. The first kappa shape index (κ1) is 14.2. The molecule has 2 aromatic carbocycles. The van der Waals surface area contributed by atoms with E-state index in [0.29, 0.717) is 10.3 Å². The fraction of sp³-hybridized carbons (Fsp3) is 0.0667. The quantitative estimate of drug-likeness (QED) is 0.423. The first-order chi connectivity index (χ1) is 10.5. The molecule has 0 radical (unpaired) electrons. The molecule has 110 valence electrons. The van der Waals surface area contributed by atoms with E-state index in [-0.39, 0.29) is 21.9 Å². The average Bonchev–Trinajstić information content (AvgIpc) is 2.81. The van der Waals surface area contributed by atoms with Crippen molar-refractivity contribution in [3.05, 3.63) is 73.4 Å². The van der Waals surface area contributed by atoms with Crippen LogP contribution in [-0.2, 0) is 7.05 Å². The minimum atomic E-state index is -0.539. The van der Waals surface area contributed by atoms with E-state index in [2.05, 4.69) is 0 Å². The molecule has 3 aromatic rings. The van der Waals surface area contributed by atoms with Gasteiger partial charge in [-0.05, 0) is 18.2 Å². The first-order valence-electron chi connectivity index (χ1n) is 6.36. The molecule has 0 aliphatic rings. The Kier molecular flexibility index (Phi) is 3.34. The number of aryl methyl sites for hydroxylation is 1. The summed E-state index contributed by atoms with van der Waals surface area (Å²) in [6.07, 6.45) is 0. The zero-order chi connectivity index (χ0) is 15.9. The number of fused-ring (bicyclic) bond motifs is 1. The highest BCUT2D eigenvalue weighted by molar-refractivity contribution is 7.16. The van der Waals surface area contributed by atoms with Gasteiger partial charge in [0.2, 0.25) is 0 Å². The zero-order valence-electron chi connectivity index (χ0n) is 11.5. The molecule has 0 aliphatic heterocycles. The second kappa shape index (κ2) is 5.19. The third-order valence-corrected chi connectivity index (χ3v) is 4.37. The van der Waals surface area contributed by atoms with Crippen LogP contribution in [0, 0.1) is 10.1 Å². The molecule has 0 bridgehead atoms.